The van der Waals surface area contributed by atoms with Gasteiger partial charge in [0.25, 0.3) is 0 Å². The molecule has 0 fully saturated rings. The predicted octanol–water partition coefficient (Wildman–Crippen LogP) is 1.52. The molecule has 0 amide bonds. The number of rotatable bonds is 2. The molecule has 3 aromatic heterocycles. The molecule has 22 heavy (non-hydrogen) atoms. The molecule has 7 nitrogen and oxygen atoms in total. The van der Waals surface area contributed by atoms with Crippen LogP contribution < -0.4 is 5.14 Å². The van der Waals surface area contributed by atoms with Gasteiger partial charge in [-0.25, -0.2) is 18.5 Å². The summed E-state index contributed by atoms with van der Waals surface area (Å²) in [6.07, 6.45) is -2.06. The van der Waals surface area contributed by atoms with Crippen LogP contribution in [0.1, 0.15) is 5.01 Å². The molecule has 116 valence electrons. The first-order chi connectivity index (χ1) is 10.2. The fraction of sp³-hybridized carbons (Fsp3) is 0.100. The minimum absolute atomic E-state index is 0.0495. The van der Waals surface area contributed by atoms with E-state index in [0.717, 1.165) is 0 Å². The fourth-order valence-corrected chi connectivity index (χ4v) is 2.94. The lowest BCUT2D eigenvalue weighted by Gasteiger charge is -2.01. The zero-order valence-corrected chi connectivity index (χ0v) is 12.1. The maximum atomic E-state index is 12.6. The molecule has 0 bridgehead atoms. The third-order valence-electron chi connectivity index (χ3n) is 2.69. The lowest BCUT2D eigenvalue weighted by molar-refractivity contribution is -0.138. The second-order valence-corrected chi connectivity index (χ2v) is 6.74. The van der Waals surface area contributed by atoms with E-state index in [0.29, 0.717) is 16.9 Å². The SMILES string of the molecule is NS(=O)(=O)c1ccc2cnc(-c3nnc(C(F)(F)F)s3)n2c1. The molecule has 3 rings (SSSR count). The van der Waals surface area contributed by atoms with Crippen LogP contribution in [0.3, 0.4) is 0 Å². The zero-order chi connectivity index (χ0) is 16.1. The molecular weight excluding hydrogens is 343 g/mol. The van der Waals surface area contributed by atoms with Crippen molar-refractivity contribution in [1.29, 1.82) is 0 Å². The predicted molar refractivity (Wildman–Crippen MR) is 70.5 cm³/mol. The third kappa shape index (κ3) is 2.55. The van der Waals surface area contributed by atoms with Crippen LogP contribution >= 0.6 is 11.3 Å². The summed E-state index contributed by atoms with van der Waals surface area (Å²) in [4.78, 5) is 3.76. The minimum atomic E-state index is -4.60. The monoisotopic (exact) mass is 349 g/mol. The average Bonchev–Trinajstić information content (AvgIpc) is 3.02. The number of nitrogens with zero attached hydrogens (tertiary/aromatic N) is 4. The summed E-state index contributed by atoms with van der Waals surface area (Å²) in [7, 11) is -3.95. The number of primary sulfonamides is 1. The van der Waals surface area contributed by atoms with Gasteiger partial charge in [0, 0.05) is 6.20 Å². The molecule has 0 aliphatic carbocycles. The molecule has 0 spiro atoms. The van der Waals surface area contributed by atoms with E-state index in [1.165, 1.54) is 28.9 Å². The number of hydrogen-bond acceptors (Lipinski definition) is 6. The maximum absolute atomic E-state index is 12.6. The molecule has 0 radical (unpaired) electrons. The Kier molecular flexibility index (Phi) is 3.19. The number of nitrogens with two attached hydrogens (primary N) is 1. The first-order valence-electron chi connectivity index (χ1n) is 5.57. The Labute approximate surface area is 125 Å². The summed E-state index contributed by atoms with van der Waals surface area (Å²) in [6.45, 7) is 0. The molecule has 2 N–H and O–H groups in total. The number of sulfonamides is 1. The quantitative estimate of drug-likeness (QED) is 0.755. The Hall–Kier alpha value is -2.05. The Balaban J connectivity index is 2.17. The summed E-state index contributed by atoms with van der Waals surface area (Å²) in [5, 5.41) is 10.4. The van der Waals surface area contributed by atoms with Crippen molar-refractivity contribution in [1.82, 2.24) is 19.6 Å². The van der Waals surface area contributed by atoms with Crippen LogP contribution in [0.4, 0.5) is 13.2 Å². The van der Waals surface area contributed by atoms with Gasteiger partial charge in [-0.2, -0.15) is 13.2 Å². The Morgan fingerprint density at radius 1 is 1.23 bits per heavy atom. The van der Waals surface area contributed by atoms with Crippen molar-refractivity contribution in [2.75, 3.05) is 0 Å². The normalized spacial score (nSPS) is 12.9. The van der Waals surface area contributed by atoms with E-state index in [2.05, 4.69) is 15.2 Å². The van der Waals surface area contributed by atoms with Gasteiger partial charge in [0.05, 0.1) is 16.6 Å². The van der Waals surface area contributed by atoms with Crippen LogP contribution in [0, 0.1) is 0 Å². The van der Waals surface area contributed by atoms with E-state index in [1.54, 1.807) is 0 Å². The number of fused-ring (bicyclic) bond motifs is 1. The van der Waals surface area contributed by atoms with Gasteiger partial charge in [-0.3, -0.25) is 4.40 Å². The molecule has 3 aromatic rings. The number of pyridine rings is 1. The van der Waals surface area contributed by atoms with Gasteiger partial charge < -0.3 is 0 Å². The highest BCUT2D eigenvalue weighted by molar-refractivity contribution is 7.89. The first-order valence-corrected chi connectivity index (χ1v) is 7.93. The van der Waals surface area contributed by atoms with E-state index in [-0.39, 0.29) is 15.7 Å². The molecule has 0 atom stereocenters. The second-order valence-electron chi connectivity index (χ2n) is 4.20. The van der Waals surface area contributed by atoms with E-state index >= 15 is 0 Å². The third-order valence-corrected chi connectivity index (χ3v) is 4.55. The number of halogens is 3. The Morgan fingerprint density at radius 3 is 2.55 bits per heavy atom. The van der Waals surface area contributed by atoms with Gasteiger partial charge >= 0.3 is 6.18 Å². The van der Waals surface area contributed by atoms with Crippen LogP contribution in [-0.2, 0) is 16.2 Å². The number of aromatic nitrogens is 4. The summed E-state index contributed by atoms with van der Waals surface area (Å²) in [5.74, 6) is 0.0495. The molecule has 0 saturated carbocycles. The summed E-state index contributed by atoms with van der Waals surface area (Å²) in [6, 6.07) is 2.71. The second kappa shape index (κ2) is 4.72. The average molecular weight is 349 g/mol. The summed E-state index contributed by atoms with van der Waals surface area (Å²) in [5.41, 5.74) is 0.478. The molecule has 12 heteroatoms. The molecule has 0 aromatic carbocycles. The largest absolute Gasteiger partial charge is 0.445 e. The smallest absolute Gasteiger partial charge is 0.296 e. The van der Waals surface area contributed by atoms with Crippen molar-refractivity contribution in [3.63, 3.8) is 0 Å². The van der Waals surface area contributed by atoms with Crippen molar-refractivity contribution < 1.29 is 21.6 Å². The van der Waals surface area contributed by atoms with Crippen molar-refractivity contribution in [2.24, 2.45) is 5.14 Å². The maximum Gasteiger partial charge on any atom is 0.445 e. The highest BCUT2D eigenvalue weighted by Gasteiger charge is 2.36. The van der Waals surface area contributed by atoms with Gasteiger partial charge in [0.15, 0.2) is 10.8 Å². The van der Waals surface area contributed by atoms with Gasteiger partial charge in [-0.1, -0.05) is 11.3 Å². The topological polar surface area (TPSA) is 103 Å². The van der Waals surface area contributed by atoms with Gasteiger partial charge in [-0.15, -0.1) is 10.2 Å². The van der Waals surface area contributed by atoms with E-state index in [4.69, 9.17) is 5.14 Å². The first kappa shape index (κ1) is 14.9. The Bertz CT molecular complexity index is 961. The molecule has 0 aliphatic heterocycles. The van der Waals surface area contributed by atoms with Crippen LogP contribution in [-0.4, -0.2) is 28.0 Å². The van der Waals surface area contributed by atoms with E-state index < -0.39 is 21.2 Å². The minimum Gasteiger partial charge on any atom is -0.296 e. The standard InChI is InChI=1S/C10H6F3N5O2S2/c11-10(12,13)9-17-16-8(21-9)7-15-3-5-1-2-6(4-18(5)7)22(14,19)20/h1-4H,(H2,14,19,20). The molecular formula is C10H6F3N5O2S2. The van der Waals surface area contributed by atoms with Crippen LogP contribution in [0.25, 0.3) is 16.3 Å². The zero-order valence-electron chi connectivity index (χ0n) is 10.4. The Morgan fingerprint density at radius 2 is 1.95 bits per heavy atom. The van der Waals surface area contributed by atoms with Gasteiger partial charge in [0.2, 0.25) is 15.0 Å². The van der Waals surface area contributed by atoms with E-state index in [1.807, 2.05) is 0 Å². The molecule has 0 unspecified atom stereocenters. The lowest BCUT2D eigenvalue weighted by Crippen LogP contribution is -2.12. The van der Waals surface area contributed by atoms with Crippen molar-refractivity contribution in [3.05, 3.63) is 29.5 Å². The lowest BCUT2D eigenvalue weighted by atomic mass is 10.4. The highest BCUT2D eigenvalue weighted by Crippen LogP contribution is 2.34. The van der Waals surface area contributed by atoms with Gasteiger partial charge in [-0.05, 0) is 12.1 Å². The summed E-state index contributed by atoms with van der Waals surface area (Å²) >= 11 is 0.314. The van der Waals surface area contributed by atoms with Crippen molar-refractivity contribution in [2.45, 2.75) is 11.1 Å². The van der Waals surface area contributed by atoms with Crippen LogP contribution in [0.2, 0.25) is 0 Å². The number of alkyl halides is 3. The molecule has 3 heterocycles. The number of imidazole rings is 1. The highest BCUT2D eigenvalue weighted by atomic mass is 32.2. The van der Waals surface area contributed by atoms with Crippen molar-refractivity contribution >= 4 is 26.9 Å². The molecule has 0 saturated heterocycles. The fourth-order valence-electron chi connectivity index (χ4n) is 1.73. The number of hydrogen-bond donors (Lipinski definition) is 1. The van der Waals surface area contributed by atoms with Crippen LogP contribution in [0.5, 0.6) is 0 Å². The van der Waals surface area contributed by atoms with Crippen molar-refractivity contribution in [3.8, 4) is 10.8 Å². The van der Waals surface area contributed by atoms with E-state index in [9.17, 15) is 21.6 Å². The summed E-state index contributed by atoms with van der Waals surface area (Å²) < 4.78 is 61.7. The van der Waals surface area contributed by atoms with Crippen LogP contribution in [0.15, 0.2) is 29.4 Å². The molecule has 0 aliphatic rings. The van der Waals surface area contributed by atoms with Gasteiger partial charge in [0.1, 0.15) is 0 Å².